The lowest BCUT2D eigenvalue weighted by molar-refractivity contribution is -0.137. The van der Waals surface area contributed by atoms with Crippen molar-refractivity contribution < 1.29 is 21.6 Å². The molecule has 1 N–H and O–H groups in total. The van der Waals surface area contributed by atoms with Gasteiger partial charge in [0.2, 0.25) is 10.0 Å². The number of guanidine groups is 1. The fourth-order valence-electron chi connectivity index (χ4n) is 3.25. The van der Waals surface area contributed by atoms with Crippen LogP contribution in [0.1, 0.15) is 18.9 Å². The highest BCUT2D eigenvalue weighted by atomic mass is 32.2. The zero-order valence-corrected chi connectivity index (χ0v) is 18.4. The summed E-state index contributed by atoms with van der Waals surface area (Å²) in [7, 11) is 0.0650. The molecule has 0 radical (unpaired) electrons. The molecule has 0 saturated carbocycles. The molecule has 0 atom stereocenters. The SMILES string of the molecule is CCS(=O)(=O)N(C)CCCNC(=NC)N1CCN(c2cccc(C(F)(F)F)c2)CC1. The number of piperazine rings is 1. The van der Waals surface area contributed by atoms with Crippen molar-refractivity contribution in [3.63, 3.8) is 0 Å². The van der Waals surface area contributed by atoms with Crippen molar-refractivity contribution in [1.29, 1.82) is 0 Å². The Bertz CT molecular complexity index is 822. The van der Waals surface area contributed by atoms with Gasteiger partial charge in [-0.15, -0.1) is 0 Å². The largest absolute Gasteiger partial charge is 0.416 e. The Labute approximate surface area is 176 Å². The van der Waals surface area contributed by atoms with E-state index in [2.05, 4.69) is 15.2 Å². The van der Waals surface area contributed by atoms with Crippen LogP contribution in [0.2, 0.25) is 0 Å². The quantitative estimate of drug-likeness (QED) is 0.392. The van der Waals surface area contributed by atoms with E-state index in [1.165, 1.54) is 16.4 Å². The number of sulfonamides is 1. The maximum Gasteiger partial charge on any atom is 0.416 e. The molecule has 0 aliphatic carbocycles. The van der Waals surface area contributed by atoms with Crippen molar-refractivity contribution in [2.45, 2.75) is 19.5 Å². The zero-order chi connectivity index (χ0) is 22.4. The lowest BCUT2D eigenvalue weighted by Gasteiger charge is -2.38. The number of nitrogens with zero attached hydrogens (tertiary/aromatic N) is 4. The Morgan fingerprint density at radius 3 is 2.47 bits per heavy atom. The van der Waals surface area contributed by atoms with E-state index in [-0.39, 0.29) is 5.75 Å². The molecular weight excluding hydrogens is 419 g/mol. The molecule has 1 aliphatic heterocycles. The van der Waals surface area contributed by atoms with Gasteiger partial charge in [-0.2, -0.15) is 13.2 Å². The fraction of sp³-hybridized carbons (Fsp3) is 0.632. The molecule has 0 unspecified atom stereocenters. The highest BCUT2D eigenvalue weighted by Gasteiger charge is 2.31. The number of hydrogen-bond donors (Lipinski definition) is 1. The van der Waals surface area contributed by atoms with Gasteiger partial charge in [0, 0.05) is 59.1 Å². The first-order valence-electron chi connectivity index (χ1n) is 9.90. The van der Waals surface area contributed by atoms with Crippen LogP contribution in [0.3, 0.4) is 0 Å². The highest BCUT2D eigenvalue weighted by Crippen LogP contribution is 2.31. The summed E-state index contributed by atoms with van der Waals surface area (Å²) >= 11 is 0. The molecule has 0 bridgehead atoms. The first-order chi connectivity index (χ1) is 14.1. The van der Waals surface area contributed by atoms with Crippen LogP contribution in [0.25, 0.3) is 0 Å². The molecule has 0 aromatic heterocycles. The lowest BCUT2D eigenvalue weighted by atomic mass is 10.1. The van der Waals surface area contributed by atoms with Crippen molar-refractivity contribution in [3.8, 4) is 0 Å². The molecule has 170 valence electrons. The third-order valence-electron chi connectivity index (χ3n) is 5.10. The second-order valence-electron chi connectivity index (χ2n) is 7.07. The van der Waals surface area contributed by atoms with Crippen LogP contribution >= 0.6 is 0 Å². The van der Waals surface area contributed by atoms with Crippen molar-refractivity contribution in [1.82, 2.24) is 14.5 Å². The van der Waals surface area contributed by atoms with Crippen LogP contribution in [0.4, 0.5) is 18.9 Å². The Balaban J connectivity index is 1.83. The summed E-state index contributed by atoms with van der Waals surface area (Å²) in [6.45, 7) is 5.03. The van der Waals surface area contributed by atoms with E-state index < -0.39 is 21.8 Å². The fourth-order valence-corrected chi connectivity index (χ4v) is 4.10. The molecule has 1 saturated heterocycles. The lowest BCUT2D eigenvalue weighted by Crippen LogP contribution is -2.52. The average Bonchev–Trinajstić information content (AvgIpc) is 2.73. The maximum atomic E-state index is 12.9. The first kappa shape index (κ1) is 24.3. The van der Waals surface area contributed by atoms with Gasteiger partial charge in [0.05, 0.1) is 11.3 Å². The van der Waals surface area contributed by atoms with E-state index in [0.717, 1.165) is 6.07 Å². The smallest absolute Gasteiger partial charge is 0.368 e. The molecule has 1 aliphatic rings. The van der Waals surface area contributed by atoms with E-state index in [1.54, 1.807) is 27.1 Å². The van der Waals surface area contributed by atoms with E-state index in [1.807, 2.05) is 4.90 Å². The molecule has 1 fully saturated rings. The van der Waals surface area contributed by atoms with Gasteiger partial charge < -0.3 is 15.1 Å². The predicted octanol–water partition coefficient (Wildman–Crippen LogP) is 2.07. The Kier molecular flexibility index (Phi) is 8.36. The monoisotopic (exact) mass is 449 g/mol. The Morgan fingerprint density at radius 1 is 1.23 bits per heavy atom. The summed E-state index contributed by atoms with van der Waals surface area (Å²) in [5.41, 5.74) is -0.0810. The number of anilines is 1. The van der Waals surface area contributed by atoms with Crippen LogP contribution in [-0.2, 0) is 16.2 Å². The third-order valence-corrected chi connectivity index (χ3v) is 6.96. The first-order valence-corrected chi connectivity index (χ1v) is 11.5. The van der Waals surface area contributed by atoms with Crippen molar-refractivity contribution in [2.24, 2.45) is 4.99 Å². The minimum atomic E-state index is -4.35. The van der Waals surface area contributed by atoms with E-state index in [9.17, 15) is 21.6 Å². The van der Waals surface area contributed by atoms with Gasteiger partial charge in [0.25, 0.3) is 0 Å². The van der Waals surface area contributed by atoms with Crippen LogP contribution < -0.4 is 10.2 Å². The molecule has 11 heteroatoms. The molecule has 1 aromatic carbocycles. The third kappa shape index (κ3) is 6.49. The number of hydrogen-bond acceptors (Lipinski definition) is 4. The number of aliphatic imine (C=N–C) groups is 1. The standard InChI is InChI=1S/C19H30F3N5O2S/c1-4-30(28,29)25(3)10-6-9-24-18(23-2)27-13-11-26(12-14-27)17-8-5-7-16(15-17)19(20,21)22/h5,7-8,15H,4,6,9-14H2,1-3H3,(H,23,24). The van der Waals surface area contributed by atoms with Crippen LogP contribution in [0, 0.1) is 0 Å². The normalized spacial score (nSPS) is 16.3. The van der Waals surface area contributed by atoms with Gasteiger partial charge >= 0.3 is 6.18 Å². The summed E-state index contributed by atoms with van der Waals surface area (Å²) in [6.07, 6.45) is -3.72. The van der Waals surface area contributed by atoms with Gasteiger partial charge in [-0.1, -0.05) is 6.07 Å². The van der Waals surface area contributed by atoms with Crippen molar-refractivity contribution in [3.05, 3.63) is 29.8 Å². The Morgan fingerprint density at radius 2 is 1.90 bits per heavy atom. The number of nitrogens with one attached hydrogen (secondary N) is 1. The minimum Gasteiger partial charge on any atom is -0.368 e. The Hall–Kier alpha value is -2.01. The molecule has 7 nitrogen and oxygen atoms in total. The average molecular weight is 450 g/mol. The van der Waals surface area contributed by atoms with Crippen molar-refractivity contribution in [2.75, 3.05) is 64.0 Å². The topological polar surface area (TPSA) is 68.2 Å². The highest BCUT2D eigenvalue weighted by molar-refractivity contribution is 7.89. The van der Waals surface area contributed by atoms with Crippen LogP contribution in [-0.4, -0.2) is 82.7 Å². The summed E-state index contributed by atoms with van der Waals surface area (Å²) in [4.78, 5) is 8.26. The second-order valence-corrected chi connectivity index (χ2v) is 9.44. The van der Waals surface area contributed by atoms with Gasteiger partial charge in [0.15, 0.2) is 5.96 Å². The maximum absolute atomic E-state index is 12.9. The summed E-state index contributed by atoms with van der Waals surface area (Å²) < 4.78 is 63.7. The number of alkyl halides is 3. The summed E-state index contributed by atoms with van der Waals surface area (Å²) in [5.74, 6) is 0.786. The van der Waals surface area contributed by atoms with Gasteiger partial charge in [0.1, 0.15) is 0 Å². The molecule has 1 aromatic rings. The van der Waals surface area contributed by atoms with E-state index in [4.69, 9.17) is 0 Å². The van der Waals surface area contributed by atoms with E-state index in [0.29, 0.717) is 57.3 Å². The van der Waals surface area contributed by atoms with Crippen LogP contribution in [0.15, 0.2) is 29.3 Å². The number of rotatable bonds is 7. The molecular formula is C19H30F3N5O2S. The minimum absolute atomic E-state index is 0.0781. The summed E-state index contributed by atoms with van der Waals surface area (Å²) in [6, 6.07) is 5.39. The molecule has 1 heterocycles. The molecule has 30 heavy (non-hydrogen) atoms. The molecule has 0 spiro atoms. The predicted molar refractivity (Wildman–Crippen MR) is 113 cm³/mol. The van der Waals surface area contributed by atoms with E-state index >= 15 is 0 Å². The molecule has 2 rings (SSSR count). The number of halogens is 3. The second kappa shape index (κ2) is 10.3. The molecule has 0 amide bonds. The van der Waals surface area contributed by atoms with Gasteiger partial charge in [-0.05, 0) is 31.5 Å². The van der Waals surface area contributed by atoms with Crippen molar-refractivity contribution >= 4 is 21.7 Å². The summed E-state index contributed by atoms with van der Waals surface area (Å²) in [5, 5.41) is 3.23. The van der Waals surface area contributed by atoms with Crippen LogP contribution in [0.5, 0.6) is 0 Å². The van der Waals surface area contributed by atoms with Gasteiger partial charge in [-0.25, -0.2) is 12.7 Å². The van der Waals surface area contributed by atoms with Gasteiger partial charge in [-0.3, -0.25) is 4.99 Å². The zero-order valence-electron chi connectivity index (χ0n) is 17.6. The number of benzene rings is 1.